The lowest BCUT2D eigenvalue weighted by Crippen LogP contribution is -1.99. The van der Waals surface area contributed by atoms with Crippen LogP contribution in [0.25, 0.3) is 11.3 Å². The van der Waals surface area contributed by atoms with Gasteiger partial charge in [0, 0.05) is 19.6 Å². The first-order chi connectivity index (χ1) is 9.65. The molecule has 1 aromatic carbocycles. The van der Waals surface area contributed by atoms with Gasteiger partial charge in [0.05, 0.1) is 12.3 Å². The number of nitrogens with zero attached hydrogens (tertiary/aromatic N) is 2. The number of carboxylic acid groups (broad SMARTS) is 1. The minimum Gasteiger partial charge on any atom is -0.476 e. The number of aromatic carboxylic acids is 1. The zero-order chi connectivity index (χ0) is 14.1. The quantitative estimate of drug-likeness (QED) is 0.931. The number of benzene rings is 1. The van der Waals surface area contributed by atoms with Gasteiger partial charge in [-0.15, -0.1) is 0 Å². The molecule has 0 amide bonds. The van der Waals surface area contributed by atoms with Crippen LogP contribution >= 0.6 is 0 Å². The zero-order valence-electron chi connectivity index (χ0n) is 11.2. The molecule has 2 heterocycles. The summed E-state index contributed by atoms with van der Waals surface area (Å²) >= 11 is 0. The van der Waals surface area contributed by atoms with Gasteiger partial charge in [-0.2, -0.15) is 5.10 Å². The lowest BCUT2D eigenvalue weighted by molar-refractivity contribution is 0.0689. The Kier molecular flexibility index (Phi) is 3.28. The maximum atomic E-state index is 10.9. The van der Waals surface area contributed by atoms with Gasteiger partial charge in [-0.3, -0.25) is 4.68 Å². The second kappa shape index (κ2) is 5.09. The molecule has 0 aliphatic carbocycles. The lowest BCUT2D eigenvalue weighted by Gasteiger charge is -2.09. The van der Waals surface area contributed by atoms with Crippen LogP contribution in [0.3, 0.4) is 0 Å². The lowest BCUT2D eigenvalue weighted by atomic mass is 9.97. The number of rotatable bonds is 3. The molecule has 2 aromatic rings. The second-order valence-corrected chi connectivity index (χ2v) is 5.03. The fourth-order valence-electron chi connectivity index (χ4n) is 2.57. The summed E-state index contributed by atoms with van der Waals surface area (Å²) in [4.78, 5) is 10.9. The van der Waals surface area contributed by atoms with Gasteiger partial charge in [-0.05, 0) is 23.6 Å². The van der Waals surface area contributed by atoms with Crippen molar-refractivity contribution in [3.8, 4) is 11.3 Å². The molecule has 1 saturated heterocycles. The molecule has 1 aliphatic rings. The van der Waals surface area contributed by atoms with Gasteiger partial charge in [-0.1, -0.05) is 24.3 Å². The Bertz CT molecular complexity index is 625. The summed E-state index contributed by atoms with van der Waals surface area (Å²) in [5, 5.41) is 13.0. The van der Waals surface area contributed by atoms with Crippen LogP contribution in [0.5, 0.6) is 0 Å². The van der Waals surface area contributed by atoms with Crippen LogP contribution in [0.1, 0.15) is 28.4 Å². The summed E-state index contributed by atoms with van der Waals surface area (Å²) in [5.74, 6) is -0.531. The van der Waals surface area contributed by atoms with Crippen molar-refractivity contribution < 1.29 is 14.6 Å². The van der Waals surface area contributed by atoms with Crippen LogP contribution in [0, 0.1) is 0 Å². The highest BCUT2D eigenvalue weighted by atomic mass is 16.5. The van der Waals surface area contributed by atoms with E-state index in [1.54, 1.807) is 17.8 Å². The molecule has 0 saturated carbocycles. The van der Waals surface area contributed by atoms with E-state index in [4.69, 9.17) is 9.84 Å². The number of aryl methyl sites for hydroxylation is 1. The van der Waals surface area contributed by atoms with E-state index in [-0.39, 0.29) is 5.69 Å². The molecule has 1 atom stereocenters. The predicted octanol–water partition coefficient (Wildman–Crippen LogP) is 2.29. The maximum Gasteiger partial charge on any atom is 0.356 e. The van der Waals surface area contributed by atoms with Crippen LogP contribution in [0.15, 0.2) is 30.3 Å². The normalized spacial score (nSPS) is 18.4. The molecule has 0 bridgehead atoms. The predicted molar refractivity (Wildman–Crippen MR) is 73.8 cm³/mol. The maximum absolute atomic E-state index is 10.9. The minimum absolute atomic E-state index is 0.0655. The second-order valence-electron chi connectivity index (χ2n) is 5.03. The van der Waals surface area contributed by atoms with Crippen LogP contribution < -0.4 is 0 Å². The standard InChI is InChI=1S/C15H16N2O3/c1-17-14(8-13(16-17)15(18)19)11-4-2-10(3-5-11)12-6-7-20-9-12/h2-5,8,12H,6-7,9H2,1H3,(H,18,19). The summed E-state index contributed by atoms with van der Waals surface area (Å²) < 4.78 is 6.99. The number of ether oxygens (including phenoxy) is 1. The first kappa shape index (κ1) is 12.9. The SMILES string of the molecule is Cn1nc(C(=O)O)cc1-c1ccc(C2CCOC2)cc1. The van der Waals surface area contributed by atoms with Crippen molar-refractivity contribution in [2.45, 2.75) is 12.3 Å². The Morgan fingerprint density at radius 1 is 1.40 bits per heavy atom. The molecule has 104 valence electrons. The number of carbonyl (C=O) groups is 1. The third kappa shape index (κ3) is 2.32. The number of aromatic nitrogens is 2. The van der Waals surface area contributed by atoms with Gasteiger partial charge < -0.3 is 9.84 Å². The first-order valence-corrected chi connectivity index (χ1v) is 6.60. The fourth-order valence-corrected chi connectivity index (χ4v) is 2.57. The average molecular weight is 272 g/mol. The van der Waals surface area contributed by atoms with Gasteiger partial charge >= 0.3 is 5.97 Å². The Hall–Kier alpha value is -2.14. The molecule has 1 unspecified atom stereocenters. The van der Waals surface area contributed by atoms with Crippen LogP contribution in [-0.2, 0) is 11.8 Å². The number of hydrogen-bond donors (Lipinski definition) is 1. The van der Waals surface area contributed by atoms with E-state index in [1.165, 1.54) is 5.56 Å². The first-order valence-electron chi connectivity index (χ1n) is 6.60. The van der Waals surface area contributed by atoms with E-state index in [0.29, 0.717) is 5.92 Å². The highest BCUT2D eigenvalue weighted by molar-refractivity contribution is 5.87. The van der Waals surface area contributed by atoms with E-state index >= 15 is 0 Å². The van der Waals surface area contributed by atoms with Gasteiger partial charge in [0.1, 0.15) is 0 Å². The Morgan fingerprint density at radius 2 is 2.15 bits per heavy atom. The van der Waals surface area contributed by atoms with Crippen molar-refractivity contribution in [2.75, 3.05) is 13.2 Å². The molecular weight excluding hydrogens is 256 g/mol. The molecule has 1 aliphatic heterocycles. The van der Waals surface area contributed by atoms with Crippen LogP contribution in [-0.4, -0.2) is 34.1 Å². The molecular formula is C15H16N2O3. The highest BCUT2D eigenvalue weighted by Crippen LogP contribution is 2.27. The number of carboxylic acids is 1. The Morgan fingerprint density at radius 3 is 2.70 bits per heavy atom. The van der Waals surface area contributed by atoms with Crippen molar-refractivity contribution >= 4 is 5.97 Å². The summed E-state index contributed by atoms with van der Waals surface area (Å²) in [6, 6.07) is 9.78. The van der Waals surface area contributed by atoms with Crippen molar-refractivity contribution in [2.24, 2.45) is 7.05 Å². The van der Waals surface area contributed by atoms with Crippen LogP contribution in [0.4, 0.5) is 0 Å². The summed E-state index contributed by atoms with van der Waals surface area (Å²) in [7, 11) is 1.75. The molecule has 5 nitrogen and oxygen atoms in total. The molecule has 0 radical (unpaired) electrons. The van der Waals surface area contributed by atoms with Gasteiger partial charge in [0.2, 0.25) is 0 Å². The van der Waals surface area contributed by atoms with E-state index in [9.17, 15) is 4.79 Å². The fraction of sp³-hybridized carbons (Fsp3) is 0.333. The monoisotopic (exact) mass is 272 g/mol. The van der Waals surface area contributed by atoms with Gasteiger partial charge in [0.25, 0.3) is 0 Å². The summed E-state index contributed by atoms with van der Waals surface area (Å²) in [6.07, 6.45) is 1.06. The van der Waals surface area contributed by atoms with Crippen molar-refractivity contribution in [1.82, 2.24) is 9.78 Å². The smallest absolute Gasteiger partial charge is 0.356 e. The molecule has 1 N–H and O–H groups in total. The molecule has 1 aromatic heterocycles. The summed E-state index contributed by atoms with van der Waals surface area (Å²) in [5.41, 5.74) is 3.11. The van der Waals surface area contributed by atoms with E-state index in [2.05, 4.69) is 17.2 Å². The summed E-state index contributed by atoms with van der Waals surface area (Å²) in [6.45, 7) is 1.62. The van der Waals surface area contributed by atoms with Crippen molar-refractivity contribution in [1.29, 1.82) is 0 Å². The molecule has 3 rings (SSSR count). The molecule has 0 spiro atoms. The van der Waals surface area contributed by atoms with Gasteiger partial charge in [-0.25, -0.2) is 4.79 Å². The number of hydrogen-bond acceptors (Lipinski definition) is 3. The van der Waals surface area contributed by atoms with E-state index in [1.807, 2.05) is 12.1 Å². The topological polar surface area (TPSA) is 64.4 Å². The average Bonchev–Trinajstić information content (AvgIpc) is 3.08. The van der Waals surface area contributed by atoms with Crippen molar-refractivity contribution in [3.63, 3.8) is 0 Å². The van der Waals surface area contributed by atoms with Crippen LogP contribution in [0.2, 0.25) is 0 Å². The largest absolute Gasteiger partial charge is 0.476 e. The zero-order valence-corrected chi connectivity index (χ0v) is 11.2. The highest BCUT2D eigenvalue weighted by Gasteiger charge is 2.18. The van der Waals surface area contributed by atoms with E-state index < -0.39 is 5.97 Å². The van der Waals surface area contributed by atoms with Gasteiger partial charge in [0.15, 0.2) is 5.69 Å². The third-order valence-electron chi connectivity index (χ3n) is 3.71. The minimum atomic E-state index is -1.01. The Labute approximate surface area is 116 Å². The Balaban J connectivity index is 1.88. The molecule has 20 heavy (non-hydrogen) atoms. The molecule has 1 fully saturated rings. The van der Waals surface area contributed by atoms with E-state index in [0.717, 1.165) is 30.9 Å². The third-order valence-corrected chi connectivity index (χ3v) is 3.71. The molecule has 5 heteroatoms. The van der Waals surface area contributed by atoms with Crippen molar-refractivity contribution in [3.05, 3.63) is 41.6 Å².